The minimum atomic E-state index is -0.381. The number of nitrogens with zero attached hydrogens (tertiary/aromatic N) is 3. The summed E-state index contributed by atoms with van der Waals surface area (Å²) in [4.78, 5) is 26.9. The van der Waals surface area contributed by atoms with Gasteiger partial charge in [0.2, 0.25) is 0 Å². The third kappa shape index (κ3) is 10.1. The molecule has 0 amide bonds. The predicted octanol–water partition coefficient (Wildman–Crippen LogP) is 5.18. The fourth-order valence-corrected chi connectivity index (χ4v) is 3.90. The Labute approximate surface area is 186 Å². The number of carbonyl (C=O) groups is 1. The maximum absolute atomic E-state index is 11.7. The number of nitro groups is 1. The number of benzene rings is 1. The zero-order valence-corrected chi connectivity index (χ0v) is 19.5. The van der Waals surface area contributed by atoms with Gasteiger partial charge in [-0.15, -0.1) is 0 Å². The van der Waals surface area contributed by atoms with Gasteiger partial charge in [-0.25, -0.2) is 0 Å². The van der Waals surface area contributed by atoms with Gasteiger partial charge in [-0.05, 0) is 52.3 Å². The molecule has 0 unspecified atom stereocenters. The lowest BCUT2D eigenvalue weighted by Crippen LogP contribution is -2.46. The molecule has 0 saturated carbocycles. The van der Waals surface area contributed by atoms with Crippen molar-refractivity contribution in [2.75, 3.05) is 37.6 Å². The largest absolute Gasteiger partial charge is 0.460 e. The van der Waals surface area contributed by atoms with Crippen LogP contribution in [0.5, 0.6) is 0 Å². The van der Waals surface area contributed by atoms with Crippen LogP contribution in [0.15, 0.2) is 24.3 Å². The summed E-state index contributed by atoms with van der Waals surface area (Å²) in [5.41, 5.74) is 0.830. The third-order valence-electron chi connectivity index (χ3n) is 5.57. The third-order valence-corrected chi connectivity index (χ3v) is 5.57. The predicted molar refractivity (Wildman–Crippen MR) is 125 cm³/mol. The highest BCUT2D eigenvalue weighted by molar-refractivity contribution is 5.69. The van der Waals surface area contributed by atoms with Crippen molar-refractivity contribution in [1.29, 1.82) is 0 Å². The number of esters is 1. The molecule has 0 spiro atoms. The van der Waals surface area contributed by atoms with E-state index in [9.17, 15) is 14.9 Å². The van der Waals surface area contributed by atoms with Crippen LogP contribution in [-0.4, -0.2) is 54.1 Å². The second-order valence-corrected chi connectivity index (χ2v) is 9.41. The van der Waals surface area contributed by atoms with Crippen molar-refractivity contribution in [2.24, 2.45) is 0 Å². The molecule has 7 heteroatoms. The van der Waals surface area contributed by atoms with Gasteiger partial charge in [-0.1, -0.05) is 32.1 Å². The highest BCUT2D eigenvalue weighted by atomic mass is 16.6. The monoisotopic (exact) mass is 433 g/mol. The van der Waals surface area contributed by atoms with Gasteiger partial charge in [0.1, 0.15) is 5.60 Å². The Balaban J connectivity index is 1.46. The number of anilines is 1. The highest BCUT2D eigenvalue weighted by Crippen LogP contribution is 2.21. The lowest BCUT2D eigenvalue weighted by molar-refractivity contribution is -0.384. The molecule has 1 fully saturated rings. The van der Waals surface area contributed by atoms with Crippen molar-refractivity contribution in [3.05, 3.63) is 34.4 Å². The number of hydrogen-bond donors (Lipinski definition) is 0. The normalized spacial score (nSPS) is 15.1. The molecule has 0 atom stereocenters. The van der Waals surface area contributed by atoms with Crippen molar-refractivity contribution in [3.8, 4) is 0 Å². The van der Waals surface area contributed by atoms with Crippen LogP contribution in [0.25, 0.3) is 0 Å². The smallest absolute Gasteiger partial charge is 0.306 e. The van der Waals surface area contributed by atoms with E-state index in [2.05, 4.69) is 9.80 Å². The molecule has 1 aliphatic heterocycles. The zero-order valence-electron chi connectivity index (χ0n) is 19.5. The second-order valence-electron chi connectivity index (χ2n) is 9.41. The number of unbranched alkanes of at least 4 members (excludes halogenated alkanes) is 6. The molecule has 0 bridgehead atoms. The molecule has 0 aromatic heterocycles. The number of non-ortho nitro benzene ring substituents is 1. The molecule has 0 radical (unpaired) electrons. The van der Waals surface area contributed by atoms with E-state index in [-0.39, 0.29) is 22.2 Å². The van der Waals surface area contributed by atoms with Crippen molar-refractivity contribution in [1.82, 2.24) is 4.90 Å². The summed E-state index contributed by atoms with van der Waals surface area (Å²) in [5.74, 6) is -0.0822. The van der Waals surface area contributed by atoms with Crippen LogP contribution in [-0.2, 0) is 9.53 Å². The Morgan fingerprint density at radius 2 is 1.48 bits per heavy atom. The Morgan fingerprint density at radius 3 is 2.03 bits per heavy atom. The molecule has 2 rings (SSSR count). The summed E-state index contributed by atoms with van der Waals surface area (Å²) in [5, 5.41) is 10.8. The summed E-state index contributed by atoms with van der Waals surface area (Å²) in [6.07, 6.45) is 8.74. The number of piperazine rings is 1. The van der Waals surface area contributed by atoms with Gasteiger partial charge in [-0.3, -0.25) is 19.8 Å². The van der Waals surface area contributed by atoms with Gasteiger partial charge in [-0.2, -0.15) is 0 Å². The van der Waals surface area contributed by atoms with Crippen LogP contribution in [0.3, 0.4) is 0 Å². The molecule has 31 heavy (non-hydrogen) atoms. The zero-order chi connectivity index (χ0) is 22.7. The van der Waals surface area contributed by atoms with E-state index in [1.807, 2.05) is 32.9 Å². The minimum absolute atomic E-state index is 0.0822. The quantitative estimate of drug-likeness (QED) is 0.196. The summed E-state index contributed by atoms with van der Waals surface area (Å²) < 4.78 is 5.33. The van der Waals surface area contributed by atoms with E-state index in [0.29, 0.717) is 6.42 Å². The fourth-order valence-electron chi connectivity index (χ4n) is 3.90. The van der Waals surface area contributed by atoms with Crippen LogP contribution in [0.2, 0.25) is 0 Å². The maximum atomic E-state index is 11.7. The van der Waals surface area contributed by atoms with E-state index in [1.165, 1.54) is 32.1 Å². The first-order chi connectivity index (χ1) is 14.7. The SMILES string of the molecule is CC(C)(C)OC(=O)CCCCCCCCCN1CCN(c2ccc([N+](=O)[O-])cc2)CC1. The molecule has 1 aromatic carbocycles. The molecule has 1 saturated heterocycles. The van der Waals surface area contributed by atoms with Crippen LogP contribution in [0.4, 0.5) is 11.4 Å². The first kappa shape index (κ1) is 25.1. The van der Waals surface area contributed by atoms with Gasteiger partial charge in [0.25, 0.3) is 5.69 Å². The van der Waals surface area contributed by atoms with E-state index < -0.39 is 0 Å². The topological polar surface area (TPSA) is 75.9 Å². The molecule has 1 heterocycles. The average Bonchev–Trinajstić information content (AvgIpc) is 2.72. The Bertz CT molecular complexity index is 677. The number of carbonyl (C=O) groups excluding carboxylic acids is 1. The van der Waals surface area contributed by atoms with Gasteiger partial charge in [0.05, 0.1) is 4.92 Å². The number of nitro benzene ring substituents is 1. The van der Waals surface area contributed by atoms with Crippen LogP contribution >= 0.6 is 0 Å². The Hall–Kier alpha value is -2.15. The van der Waals surface area contributed by atoms with Crippen LogP contribution < -0.4 is 4.90 Å². The molecule has 1 aromatic rings. The van der Waals surface area contributed by atoms with E-state index in [1.54, 1.807) is 12.1 Å². The minimum Gasteiger partial charge on any atom is -0.460 e. The standard InChI is InChI=1S/C24H39N3O4/c1-24(2,3)31-23(28)11-9-7-5-4-6-8-10-16-25-17-19-26(20-18-25)21-12-14-22(15-13-21)27(29)30/h12-15H,4-11,16-20H2,1-3H3. The summed E-state index contributed by atoms with van der Waals surface area (Å²) in [6, 6.07) is 6.86. The van der Waals surface area contributed by atoms with E-state index >= 15 is 0 Å². The fraction of sp³-hybridized carbons (Fsp3) is 0.708. The molecular weight excluding hydrogens is 394 g/mol. The van der Waals surface area contributed by atoms with Crippen LogP contribution in [0, 0.1) is 10.1 Å². The second kappa shape index (κ2) is 12.6. The number of ether oxygens (including phenoxy) is 1. The maximum Gasteiger partial charge on any atom is 0.306 e. The summed E-state index contributed by atoms with van der Waals surface area (Å²) >= 11 is 0. The average molecular weight is 434 g/mol. The summed E-state index contributed by atoms with van der Waals surface area (Å²) in [7, 11) is 0. The van der Waals surface area contributed by atoms with Gasteiger partial charge < -0.3 is 9.64 Å². The van der Waals surface area contributed by atoms with E-state index in [4.69, 9.17) is 4.74 Å². The van der Waals surface area contributed by atoms with Gasteiger partial charge >= 0.3 is 5.97 Å². The molecular formula is C24H39N3O4. The number of rotatable bonds is 12. The Kier molecular flexibility index (Phi) is 10.2. The molecule has 174 valence electrons. The first-order valence-electron chi connectivity index (χ1n) is 11.7. The molecule has 0 aliphatic carbocycles. The highest BCUT2D eigenvalue weighted by Gasteiger charge is 2.18. The first-order valence-corrected chi connectivity index (χ1v) is 11.7. The van der Waals surface area contributed by atoms with Gasteiger partial charge in [0, 0.05) is 50.4 Å². The van der Waals surface area contributed by atoms with Crippen LogP contribution in [0.1, 0.15) is 72.1 Å². The van der Waals surface area contributed by atoms with Crippen molar-refractivity contribution < 1.29 is 14.5 Å². The molecule has 0 N–H and O–H groups in total. The molecule has 1 aliphatic rings. The van der Waals surface area contributed by atoms with E-state index in [0.717, 1.165) is 51.3 Å². The molecule has 7 nitrogen and oxygen atoms in total. The van der Waals surface area contributed by atoms with Crippen molar-refractivity contribution in [2.45, 2.75) is 77.7 Å². The lowest BCUT2D eigenvalue weighted by Gasteiger charge is -2.36. The Morgan fingerprint density at radius 1 is 0.935 bits per heavy atom. The van der Waals surface area contributed by atoms with Crippen molar-refractivity contribution in [3.63, 3.8) is 0 Å². The number of hydrogen-bond acceptors (Lipinski definition) is 6. The van der Waals surface area contributed by atoms with Crippen molar-refractivity contribution >= 4 is 17.3 Å². The lowest BCUT2D eigenvalue weighted by atomic mass is 10.1. The van der Waals surface area contributed by atoms with Gasteiger partial charge in [0.15, 0.2) is 0 Å². The summed E-state index contributed by atoms with van der Waals surface area (Å²) in [6.45, 7) is 10.9.